The number of anilines is 1. The third-order valence-corrected chi connectivity index (χ3v) is 5.66. The molecule has 2 N–H and O–H groups in total. The number of rotatable bonds is 8. The second-order valence-corrected chi connectivity index (χ2v) is 8.18. The summed E-state index contributed by atoms with van der Waals surface area (Å²) >= 11 is 0. The van der Waals surface area contributed by atoms with Crippen LogP contribution in [0.15, 0.2) is 23.4 Å². The second kappa shape index (κ2) is 7.00. The lowest BCUT2D eigenvalue weighted by Crippen LogP contribution is -2.30. The number of hydrogen-bond acceptors (Lipinski definition) is 6. The molecule has 0 atom stereocenters. The molecule has 0 saturated carbocycles. The molecule has 1 aromatic rings. The molecule has 7 nitrogen and oxygen atoms in total. The highest BCUT2D eigenvalue weighted by Crippen LogP contribution is 2.17. The molecule has 1 aromatic heterocycles. The maximum Gasteiger partial charge on any atom is 0.260 e. The molecule has 0 amide bonds. The minimum atomic E-state index is -3.83. The largest absolute Gasteiger partial charge is 0.383 e. The molecule has 0 aliphatic rings. The molecule has 0 saturated heterocycles. The lowest BCUT2D eigenvalue weighted by Gasteiger charge is -2.11. The zero-order valence-electron chi connectivity index (χ0n) is 11.5. The summed E-state index contributed by atoms with van der Waals surface area (Å²) in [6.07, 6.45) is 1.37. The topological polar surface area (TPSA) is 105 Å². The molecule has 1 heterocycles. The molecule has 0 aliphatic heterocycles. The highest BCUT2D eigenvalue weighted by atomic mass is 32.2. The van der Waals surface area contributed by atoms with Crippen molar-refractivity contribution < 1.29 is 16.8 Å². The van der Waals surface area contributed by atoms with Crippen LogP contribution in [0.4, 0.5) is 5.69 Å². The minimum Gasteiger partial charge on any atom is -0.383 e. The van der Waals surface area contributed by atoms with E-state index in [1.807, 2.05) is 6.92 Å². The van der Waals surface area contributed by atoms with E-state index in [-0.39, 0.29) is 23.1 Å². The second-order valence-electron chi connectivity index (χ2n) is 4.02. The molecule has 0 radical (unpaired) electrons. The van der Waals surface area contributed by atoms with Gasteiger partial charge in [0.05, 0.1) is 11.4 Å². The van der Waals surface area contributed by atoms with Gasteiger partial charge in [-0.2, -0.15) is 0 Å². The Bertz CT molecular complexity index is 641. The quantitative estimate of drug-likeness (QED) is 0.710. The molecule has 0 fully saturated rings. The molecule has 0 aromatic carbocycles. The monoisotopic (exact) mass is 321 g/mol. The van der Waals surface area contributed by atoms with Crippen molar-refractivity contribution in [3.63, 3.8) is 0 Å². The zero-order valence-corrected chi connectivity index (χ0v) is 13.1. The molecule has 0 aliphatic carbocycles. The number of aromatic nitrogens is 1. The van der Waals surface area contributed by atoms with Gasteiger partial charge in [-0.3, -0.25) is 0 Å². The maximum atomic E-state index is 12.1. The Morgan fingerprint density at radius 3 is 2.50 bits per heavy atom. The number of nitrogens with one attached hydrogen (secondary N) is 2. The van der Waals surface area contributed by atoms with Crippen LogP contribution >= 0.6 is 0 Å². The van der Waals surface area contributed by atoms with Crippen molar-refractivity contribution in [2.75, 3.05) is 29.9 Å². The van der Waals surface area contributed by atoms with Gasteiger partial charge in [0, 0.05) is 25.0 Å². The SMILES string of the molecule is CCNc1cccnc1S(=O)(=O)NCCS(=O)(=O)CC. The first kappa shape index (κ1) is 16.9. The number of hydrogen-bond donors (Lipinski definition) is 2. The fourth-order valence-electron chi connectivity index (χ4n) is 1.47. The van der Waals surface area contributed by atoms with Gasteiger partial charge in [-0.15, -0.1) is 0 Å². The van der Waals surface area contributed by atoms with Crippen molar-refractivity contribution >= 4 is 25.5 Å². The highest BCUT2D eigenvalue weighted by molar-refractivity contribution is 7.91. The molecule has 9 heteroatoms. The molecule has 0 spiro atoms. The van der Waals surface area contributed by atoms with E-state index in [1.54, 1.807) is 12.1 Å². The van der Waals surface area contributed by atoms with Gasteiger partial charge in [0.2, 0.25) is 0 Å². The molecular formula is C11H19N3O4S2. The molecule has 0 bridgehead atoms. The van der Waals surface area contributed by atoms with Crippen molar-refractivity contribution in [1.29, 1.82) is 0 Å². The Morgan fingerprint density at radius 1 is 1.20 bits per heavy atom. The van der Waals surface area contributed by atoms with Gasteiger partial charge in [0.25, 0.3) is 10.0 Å². The number of sulfone groups is 1. The lowest BCUT2D eigenvalue weighted by atomic mass is 10.4. The fourth-order valence-corrected chi connectivity index (χ4v) is 3.44. The van der Waals surface area contributed by atoms with Gasteiger partial charge in [-0.1, -0.05) is 6.92 Å². The van der Waals surface area contributed by atoms with Gasteiger partial charge in [-0.25, -0.2) is 26.5 Å². The summed E-state index contributed by atoms with van der Waals surface area (Å²) < 4.78 is 49.1. The molecule has 0 unspecified atom stereocenters. The van der Waals surface area contributed by atoms with E-state index in [1.165, 1.54) is 13.1 Å². The molecular weight excluding hydrogens is 302 g/mol. The van der Waals surface area contributed by atoms with E-state index in [0.717, 1.165) is 0 Å². The zero-order chi connectivity index (χ0) is 15.2. The van der Waals surface area contributed by atoms with E-state index >= 15 is 0 Å². The van der Waals surface area contributed by atoms with Gasteiger partial charge in [-0.05, 0) is 19.1 Å². The molecule has 114 valence electrons. The Labute approximate surface area is 119 Å². The van der Waals surface area contributed by atoms with E-state index in [0.29, 0.717) is 12.2 Å². The summed E-state index contributed by atoms with van der Waals surface area (Å²) in [6, 6.07) is 3.23. The summed E-state index contributed by atoms with van der Waals surface area (Å²) in [6.45, 7) is 3.75. The van der Waals surface area contributed by atoms with E-state index in [2.05, 4.69) is 15.0 Å². The first-order chi connectivity index (χ1) is 9.32. The minimum absolute atomic E-state index is 0.0129. The van der Waals surface area contributed by atoms with Gasteiger partial charge in [0.1, 0.15) is 0 Å². The molecule has 20 heavy (non-hydrogen) atoms. The third-order valence-electron chi connectivity index (χ3n) is 2.54. The molecule has 1 rings (SSSR count). The van der Waals surface area contributed by atoms with Crippen LogP contribution in [0.3, 0.4) is 0 Å². The van der Waals surface area contributed by atoms with Crippen molar-refractivity contribution in [3.05, 3.63) is 18.3 Å². The number of pyridine rings is 1. The van der Waals surface area contributed by atoms with Crippen LogP contribution in [0.2, 0.25) is 0 Å². The summed E-state index contributed by atoms with van der Waals surface area (Å²) in [5.41, 5.74) is 0.390. The summed E-state index contributed by atoms with van der Waals surface area (Å²) in [5, 5.41) is 2.77. The predicted octanol–water partition coefficient (Wildman–Crippen LogP) is 0.226. The van der Waals surface area contributed by atoms with Crippen molar-refractivity contribution in [1.82, 2.24) is 9.71 Å². The van der Waals surface area contributed by atoms with Crippen LogP contribution < -0.4 is 10.0 Å². The number of nitrogens with zero attached hydrogens (tertiary/aromatic N) is 1. The van der Waals surface area contributed by atoms with Crippen LogP contribution in [0.25, 0.3) is 0 Å². The Balaban J connectivity index is 2.84. The first-order valence-corrected chi connectivity index (χ1v) is 9.52. The van der Waals surface area contributed by atoms with Crippen molar-refractivity contribution in [3.8, 4) is 0 Å². The van der Waals surface area contributed by atoms with Crippen LogP contribution in [0, 0.1) is 0 Å². The van der Waals surface area contributed by atoms with Gasteiger partial charge in [0.15, 0.2) is 14.9 Å². The summed E-state index contributed by atoms with van der Waals surface area (Å²) in [4.78, 5) is 3.84. The Kier molecular flexibility index (Phi) is 5.90. The number of sulfonamides is 1. The third kappa shape index (κ3) is 4.73. The summed E-state index contributed by atoms with van der Waals surface area (Å²) in [5.74, 6) is -0.243. The van der Waals surface area contributed by atoms with Crippen LogP contribution in [-0.2, 0) is 19.9 Å². The van der Waals surface area contributed by atoms with Crippen LogP contribution in [-0.4, -0.2) is 46.4 Å². The van der Waals surface area contributed by atoms with Gasteiger partial charge >= 0.3 is 0 Å². The fraction of sp³-hybridized carbons (Fsp3) is 0.545. The standard InChI is InChI=1S/C11H19N3O4S2/c1-3-12-10-6-5-7-13-11(10)20(17,18)14-8-9-19(15,16)4-2/h5-7,12,14H,3-4,8-9H2,1-2H3. The smallest absolute Gasteiger partial charge is 0.260 e. The van der Waals surface area contributed by atoms with Crippen molar-refractivity contribution in [2.45, 2.75) is 18.9 Å². The van der Waals surface area contributed by atoms with Crippen LogP contribution in [0.5, 0.6) is 0 Å². The average Bonchev–Trinajstić information content (AvgIpc) is 2.39. The van der Waals surface area contributed by atoms with Crippen molar-refractivity contribution in [2.24, 2.45) is 0 Å². The van der Waals surface area contributed by atoms with Gasteiger partial charge < -0.3 is 5.32 Å². The maximum absolute atomic E-state index is 12.1. The average molecular weight is 321 g/mol. The normalized spacial score (nSPS) is 12.3. The first-order valence-electron chi connectivity index (χ1n) is 6.21. The van der Waals surface area contributed by atoms with E-state index in [4.69, 9.17) is 0 Å². The van der Waals surface area contributed by atoms with E-state index in [9.17, 15) is 16.8 Å². The predicted molar refractivity (Wildman–Crippen MR) is 77.9 cm³/mol. The lowest BCUT2D eigenvalue weighted by molar-refractivity contribution is 0.578. The Morgan fingerprint density at radius 2 is 1.90 bits per heavy atom. The Hall–Kier alpha value is -1.19. The highest BCUT2D eigenvalue weighted by Gasteiger charge is 2.20. The summed E-state index contributed by atoms with van der Waals surface area (Å²) in [7, 11) is -7.04. The van der Waals surface area contributed by atoms with E-state index < -0.39 is 19.9 Å². The van der Waals surface area contributed by atoms with Crippen LogP contribution in [0.1, 0.15) is 13.8 Å².